The molecule has 0 aromatic heterocycles. The van der Waals surface area contributed by atoms with Crippen molar-refractivity contribution in [3.8, 4) is 0 Å². The van der Waals surface area contributed by atoms with Gasteiger partial charge in [-0.1, -0.05) is 37.0 Å². The summed E-state index contributed by atoms with van der Waals surface area (Å²) in [6.45, 7) is 13.6. The summed E-state index contributed by atoms with van der Waals surface area (Å²) in [5.41, 5.74) is 7.39. The van der Waals surface area contributed by atoms with Gasteiger partial charge in [0.1, 0.15) is 0 Å². The van der Waals surface area contributed by atoms with Crippen LogP contribution in [0.1, 0.15) is 52.4 Å². The molecular formula is C19H28. The molecule has 0 unspecified atom stereocenters. The predicted molar refractivity (Wildman–Crippen MR) is 85.0 cm³/mol. The van der Waals surface area contributed by atoms with Crippen molar-refractivity contribution in [2.24, 2.45) is 17.8 Å². The minimum absolute atomic E-state index is 1.01. The fraction of sp³-hybridized carbons (Fsp3) is 0.579. The van der Waals surface area contributed by atoms with Crippen LogP contribution in [0.2, 0.25) is 0 Å². The second-order valence-corrected chi connectivity index (χ2v) is 6.16. The second kappa shape index (κ2) is 5.94. The van der Waals surface area contributed by atoms with Crippen LogP contribution in [0.3, 0.4) is 0 Å². The first kappa shape index (κ1) is 14.4. The molecule has 0 heteroatoms. The van der Waals surface area contributed by atoms with E-state index in [-0.39, 0.29) is 0 Å². The van der Waals surface area contributed by atoms with Gasteiger partial charge in [0.25, 0.3) is 0 Å². The maximum atomic E-state index is 3.36. The Labute approximate surface area is 119 Å². The van der Waals surface area contributed by atoms with Crippen molar-refractivity contribution in [3.63, 3.8) is 0 Å². The molecule has 3 saturated carbocycles. The third-order valence-corrected chi connectivity index (χ3v) is 4.88. The Kier molecular flexibility index (Phi) is 4.50. The van der Waals surface area contributed by atoms with Crippen LogP contribution in [0.4, 0.5) is 0 Å². The van der Waals surface area contributed by atoms with Gasteiger partial charge in [0.05, 0.1) is 0 Å². The van der Waals surface area contributed by atoms with Gasteiger partial charge >= 0.3 is 0 Å². The Hall–Kier alpha value is -1.04. The quantitative estimate of drug-likeness (QED) is 0.557. The van der Waals surface area contributed by atoms with Gasteiger partial charge < -0.3 is 0 Å². The van der Waals surface area contributed by atoms with E-state index in [1.807, 2.05) is 29.2 Å². The Morgan fingerprint density at radius 1 is 1.11 bits per heavy atom. The van der Waals surface area contributed by atoms with E-state index in [4.69, 9.17) is 0 Å². The van der Waals surface area contributed by atoms with E-state index in [1.54, 1.807) is 18.9 Å². The van der Waals surface area contributed by atoms with Crippen LogP contribution in [0, 0.1) is 17.8 Å². The summed E-state index contributed by atoms with van der Waals surface area (Å²) in [5.74, 6) is 3.19. The molecule has 0 heterocycles. The highest BCUT2D eigenvalue weighted by Crippen LogP contribution is 2.69. The highest BCUT2D eigenvalue weighted by Gasteiger charge is 2.56. The van der Waals surface area contributed by atoms with Gasteiger partial charge in [-0.2, -0.15) is 0 Å². The molecule has 0 aliphatic heterocycles. The molecule has 0 N–H and O–H groups in total. The van der Waals surface area contributed by atoms with E-state index in [0.717, 1.165) is 17.8 Å². The zero-order chi connectivity index (χ0) is 14.0. The molecule has 0 atom stereocenters. The summed E-state index contributed by atoms with van der Waals surface area (Å²) < 4.78 is 0. The van der Waals surface area contributed by atoms with E-state index >= 15 is 0 Å². The molecule has 19 heavy (non-hydrogen) atoms. The lowest BCUT2D eigenvalue weighted by atomic mass is 9.69. The van der Waals surface area contributed by atoms with E-state index in [0.29, 0.717) is 0 Å². The largest absolute Gasteiger partial charge is 0.106 e. The van der Waals surface area contributed by atoms with Crippen LogP contribution in [0.15, 0.2) is 48.1 Å². The Morgan fingerprint density at radius 2 is 1.58 bits per heavy atom. The van der Waals surface area contributed by atoms with Crippen LogP contribution in [0.25, 0.3) is 0 Å². The van der Waals surface area contributed by atoms with Crippen molar-refractivity contribution >= 4 is 0 Å². The molecular weight excluding hydrogens is 228 g/mol. The Bertz CT molecular complexity index is 381. The number of rotatable bonds is 3. The van der Waals surface area contributed by atoms with Crippen molar-refractivity contribution in [2.45, 2.75) is 52.4 Å². The third kappa shape index (κ3) is 2.38. The number of hydrogen-bond acceptors (Lipinski definition) is 0. The lowest BCUT2D eigenvalue weighted by Crippen LogP contribution is -2.26. The van der Waals surface area contributed by atoms with Crippen LogP contribution in [-0.4, -0.2) is 0 Å². The number of allylic oxidation sites excluding steroid dienone is 5. The topological polar surface area (TPSA) is 0 Å². The van der Waals surface area contributed by atoms with Crippen molar-refractivity contribution in [1.82, 2.24) is 0 Å². The molecule has 5 rings (SSSR count). The first-order chi connectivity index (χ1) is 9.30. The van der Waals surface area contributed by atoms with Crippen molar-refractivity contribution in [1.29, 1.82) is 0 Å². The van der Waals surface area contributed by atoms with E-state index in [2.05, 4.69) is 26.7 Å². The van der Waals surface area contributed by atoms with Crippen LogP contribution >= 0.6 is 0 Å². The summed E-state index contributed by atoms with van der Waals surface area (Å²) in [5, 5.41) is 0. The average Bonchev–Trinajstić information content (AvgIpc) is 2.73. The molecule has 0 nitrogen and oxygen atoms in total. The first-order valence-electron chi connectivity index (χ1n) is 7.81. The standard InChI is InChI=1S/C14H18.C3H6.C2H4/c1-2-3-8-4-9(5-8)12-13-10-6-11(7-10)14(12)13;1-3-2;1-2/h8-9,12H,2-7H2,1H3;3H,1H2,2H3;1-2H2. The fourth-order valence-corrected chi connectivity index (χ4v) is 4.08. The molecule has 0 radical (unpaired) electrons. The molecule has 0 amide bonds. The summed E-state index contributed by atoms with van der Waals surface area (Å²) in [6.07, 6.45) is 10.5. The van der Waals surface area contributed by atoms with E-state index in [1.165, 1.54) is 25.7 Å². The lowest BCUT2D eigenvalue weighted by Gasteiger charge is -2.36. The summed E-state index contributed by atoms with van der Waals surface area (Å²) in [4.78, 5) is 0. The summed E-state index contributed by atoms with van der Waals surface area (Å²) >= 11 is 0. The van der Waals surface area contributed by atoms with Crippen LogP contribution in [-0.2, 0) is 0 Å². The van der Waals surface area contributed by atoms with E-state index in [9.17, 15) is 0 Å². The average molecular weight is 256 g/mol. The molecule has 0 spiro atoms. The minimum atomic E-state index is 1.01. The zero-order valence-electron chi connectivity index (χ0n) is 12.7. The van der Waals surface area contributed by atoms with Gasteiger partial charge in [0, 0.05) is 5.92 Å². The SMILES string of the molecule is C=C.C=CC.CCCC1CC(C2C3=C4CC(=C32)C4)C1. The van der Waals surface area contributed by atoms with Gasteiger partial charge in [-0.15, -0.1) is 19.7 Å². The van der Waals surface area contributed by atoms with Crippen molar-refractivity contribution < 1.29 is 0 Å². The molecule has 5 aliphatic rings. The third-order valence-electron chi connectivity index (χ3n) is 4.88. The van der Waals surface area contributed by atoms with E-state index < -0.39 is 0 Å². The maximum Gasteiger partial charge on any atom is 0.0123 e. The molecule has 2 bridgehead atoms. The van der Waals surface area contributed by atoms with Gasteiger partial charge in [0.2, 0.25) is 0 Å². The van der Waals surface area contributed by atoms with Gasteiger partial charge in [0.15, 0.2) is 0 Å². The molecule has 0 aromatic rings. The van der Waals surface area contributed by atoms with Gasteiger partial charge in [-0.05, 0) is 55.6 Å². The molecule has 0 aromatic carbocycles. The maximum absolute atomic E-state index is 3.36. The Balaban J connectivity index is 0.000000239. The Morgan fingerprint density at radius 3 is 2.00 bits per heavy atom. The number of hydrogen-bond donors (Lipinski definition) is 0. The van der Waals surface area contributed by atoms with Crippen LogP contribution < -0.4 is 0 Å². The molecule has 0 saturated heterocycles. The highest BCUT2D eigenvalue weighted by atomic mass is 14.6. The minimum Gasteiger partial charge on any atom is -0.106 e. The van der Waals surface area contributed by atoms with Crippen LogP contribution in [0.5, 0.6) is 0 Å². The second-order valence-electron chi connectivity index (χ2n) is 6.16. The van der Waals surface area contributed by atoms with Gasteiger partial charge in [-0.25, -0.2) is 0 Å². The summed E-state index contributed by atoms with van der Waals surface area (Å²) in [6, 6.07) is 0. The van der Waals surface area contributed by atoms with Crippen molar-refractivity contribution in [3.05, 3.63) is 48.1 Å². The van der Waals surface area contributed by atoms with Gasteiger partial charge in [-0.3, -0.25) is 0 Å². The summed E-state index contributed by atoms with van der Waals surface area (Å²) in [7, 11) is 0. The predicted octanol–water partition coefficient (Wildman–Crippen LogP) is 5.84. The highest BCUT2D eigenvalue weighted by molar-refractivity contribution is 5.73. The fourth-order valence-electron chi connectivity index (χ4n) is 4.08. The first-order valence-corrected chi connectivity index (χ1v) is 7.81. The molecule has 3 fully saturated rings. The smallest absolute Gasteiger partial charge is 0.0123 e. The molecule has 5 aliphatic carbocycles. The lowest BCUT2D eigenvalue weighted by molar-refractivity contribution is 0.166. The molecule has 104 valence electrons. The van der Waals surface area contributed by atoms with Crippen molar-refractivity contribution in [2.75, 3.05) is 0 Å². The monoisotopic (exact) mass is 256 g/mol. The zero-order valence-corrected chi connectivity index (χ0v) is 12.7. The normalized spacial score (nSPS) is 29.2.